The molecule has 20 heavy (non-hydrogen) atoms. The van der Waals surface area contributed by atoms with Crippen molar-refractivity contribution in [3.05, 3.63) is 71.8 Å². The van der Waals surface area contributed by atoms with E-state index < -0.39 is 10.0 Å². The Morgan fingerprint density at radius 2 is 1.35 bits per heavy atom. The summed E-state index contributed by atoms with van der Waals surface area (Å²) in [5.74, 6) is 0.161. The third kappa shape index (κ3) is 5.15. The van der Waals surface area contributed by atoms with Crippen LogP contribution in [-0.4, -0.2) is 14.2 Å². The standard InChI is InChI=1S/C16H19NO2S/c18-20(19,17-14-16-10-5-2-6-11-16)13-7-12-15-8-3-1-4-9-15/h1-6,8-11,17H,7,12-14H2. The molecule has 3 nitrogen and oxygen atoms in total. The van der Waals surface area contributed by atoms with Crippen molar-refractivity contribution < 1.29 is 8.42 Å². The second-order valence-electron chi connectivity index (χ2n) is 4.71. The van der Waals surface area contributed by atoms with Crippen LogP contribution in [0.4, 0.5) is 0 Å². The lowest BCUT2D eigenvalue weighted by Gasteiger charge is -2.07. The van der Waals surface area contributed by atoms with Crippen LogP contribution in [0.15, 0.2) is 60.7 Å². The minimum atomic E-state index is -3.20. The molecule has 0 saturated carbocycles. The number of hydrogen-bond donors (Lipinski definition) is 1. The lowest BCUT2D eigenvalue weighted by atomic mass is 10.1. The van der Waals surface area contributed by atoms with Crippen molar-refractivity contribution in [2.75, 3.05) is 5.75 Å². The minimum absolute atomic E-state index is 0.161. The van der Waals surface area contributed by atoms with Gasteiger partial charge in [-0.15, -0.1) is 0 Å². The molecule has 2 aromatic carbocycles. The van der Waals surface area contributed by atoms with E-state index >= 15 is 0 Å². The molecule has 2 aromatic rings. The van der Waals surface area contributed by atoms with Crippen LogP contribution in [0.1, 0.15) is 17.5 Å². The van der Waals surface area contributed by atoms with Crippen molar-refractivity contribution >= 4 is 10.0 Å². The molecule has 0 spiro atoms. The van der Waals surface area contributed by atoms with Crippen LogP contribution in [0.5, 0.6) is 0 Å². The van der Waals surface area contributed by atoms with Gasteiger partial charge in [0.1, 0.15) is 0 Å². The van der Waals surface area contributed by atoms with Crippen molar-refractivity contribution in [3.63, 3.8) is 0 Å². The molecular formula is C16H19NO2S. The van der Waals surface area contributed by atoms with Gasteiger partial charge in [0.15, 0.2) is 0 Å². The van der Waals surface area contributed by atoms with Gasteiger partial charge in [0, 0.05) is 6.54 Å². The molecule has 0 aromatic heterocycles. The number of hydrogen-bond acceptors (Lipinski definition) is 2. The molecule has 0 unspecified atom stereocenters. The quantitative estimate of drug-likeness (QED) is 0.852. The summed E-state index contributed by atoms with van der Waals surface area (Å²) in [4.78, 5) is 0. The molecule has 0 heterocycles. The fraction of sp³-hybridized carbons (Fsp3) is 0.250. The summed E-state index contributed by atoms with van der Waals surface area (Å²) < 4.78 is 26.4. The average molecular weight is 289 g/mol. The van der Waals surface area contributed by atoms with Crippen molar-refractivity contribution in [2.24, 2.45) is 0 Å². The van der Waals surface area contributed by atoms with Gasteiger partial charge in [0.2, 0.25) is 10.0 Å². The Bertz CT molecular complexity index is 609. The first kappa shape index (κ1) is 14.8. The lowest BCUT2D eigenvalue weighted by Crippen LogP contribution is -2.26. The highest BCUT2D eigenvalue weighted by atomic mass is 32.2. The lowest BCUT2D eigenvalue weighted by molar-refractivity contribution is 0.578. The van der Waals surface area contributed by atoms with Gasteiger partial charge in [-0.1, -0.05) is 60.7 Å². The Morgan fingerprint density at radius 1 is 0.800 bits per heavy atom. The van der Waals surface area contributed by atoms with Crippen LogP contribution in [0.25, 0.3) is 0 Å². The van der Waals surface area contributed by atoms with E-state index in [4.69, 9.17) is 0 Å². The zero-order chi connectivity index (χ0) is 14.3. The van der Waals surface area contributed by atoms with Gasteiger partial charge in [-0.05, 0) is 24.0 Å². The first-order chi connectivity index (χ1) is 9.66. The van der Waals surface area contributed by atoms with Crippen LogP contribution in [0.2, 0.25) is 0 Å². The molecule has 0 atom stereocenters. The van der Waals surface area contributed by atoms with Crippen LogP contribution in [-0.2, 0) is 23.0 Å². The topological polar surface area (TPSA) is 46.2 Å². The van der Waals surface area contributed by atoms with Crippen LogP contribution < -0.4 is 4.72 Å². The zero-order valence-corrected chi connectivity index (χ0v) is 12.1. The molecule has 0 amide bonds. The molecule has 106 valence electrons. The monoisotopic (exact) mass is 289 g/mol. The maximum Gasteiger partial charge on any atom is 0.211 e. The SMILES string of the molecule is O=S(=O)(CCCc1ccccc1)NCc1ccccc1. The number of benzene rings is 2. The summed E-state index contributed by atoms with van der Waals surface area (Å²) in [6.07, 6.45) is 1.42. The first-order valence-corrected chi connectivity index (χ1v) is 8.36. The van der Waals surface area contributed by atoms with Crippen LogP contribution in [0.3, 0.4) is 0 Å². The summed E-state index contributed by atoms with van der Waals surface area (Å²) >= 11 is 0. The summed E-state index contributed by atoms with van der Waals surface area (Å²) in [6.45, 7) is 0.356. The Morgan fingerprint density at radius 3 is 1.95 bits per heavy atom. The second kappa shape index (κ2) is 7.22. The fourth-order valence-electron chi connectivity index (χ4n) is 1.97. The molecular weight excluding hydrogens is 270 g/mol. The number of nitrogens with one attached hydrogen (secondary N) is 1. The van der Waals surface area contributed by atoms with Gasteiger partial charge in [0.05, 0.1) is 5.75 Å². The van der Waals surface area contributed by atoms with Gasteiger partial charge in [-0.2, -0.15) is 0 Å². The summed E-state index contributed by atoms with van der Waals surface area (Å²) in [5, 5.41) is 0. The maximum absolute atomic E-state index is 11.9. The van der Waals surface area contributed by atoms with Crippen molar-refractivity contribution in [3.8, 4) is 0 Å². The molecule has 0 fully saturated rings. The Balaban J connectivity index is 1.77. The summed E-state index contributed by atoms with van der Waals surface area (Å²) in [5.41, 5.74) is 2.14. The van der Waals surface area contributed by atoms with Gasteiger partial charge in [0.25, 0.3) is 0 Å². The van der Waals surface area contributed by atoms with Crippen molar-refractivity contribution in [1.29, 1.82) is 0 Å². The van der Waals surface area contributed by atoms with E-state index in [2.05, 4.69) is 4.72 Å². The van der Waals surface area contributed by atoms with Gasteiger partial charge in [-0.3, -0.25) is 0 Å². The van der Waals surface area contributed by atoms with E-state index in [0.717, 1.165) is 12.0 Å². The van der Waals surface area contributed by atoms with Gasteiger partial charge < -0.3 is 0 Å². The molecule has 4 heteroatoms. The van der Waals surface area contributed by atoms with E-state index in [1.807, 2.05) is 60.7 Å². The maximum atomic E-state index is 11.9. The van der Waals surface area contributed by atoms with E-state index in [9.17, 15) is 8.42 Å². The van der Waals surface area contributed by atoms with E-state index in [-0.39, 0.29) is 5.75 Å². The van der Waals surface area contributed by atoms with Crippen molar-refractivity contribution in [1.82, 2.24) is 4.72 Å². The number of sulfonamides is 1. The average Bonchev–Trinajstić information content (AvgIpc) is 2.47. The summed E-state index contributed by atoms with van der Waals surface area (Å²) in [6, 6.07) is 19.5. The minimum Gasteiger partial charge on any atom is -0.212 e. The van der Waals surface area contributed by atoms with Crippen LogP contribution >= 0.6 is 0 Å². The van der Waals surface area contributed by atoms with E-state index in [1.54, 1.807) is 0 Å². The molecule has 1 N–H and O–H groups in total. The highest BCUT2D eigenvalue weighted by molar-refractivity contribution is 7.89. The molecule has 0 saturated heterocycles. The molecule has 0 aliphatic heterocycles. The smallest absolute Gasteiger partial charge is 0.211 e. The fourth-order valence-corrected chi connectivity index (χ4v) is 3.03. The zero-order valence-electron chi connectivity index (χ0n) is 11.3. The number of rotatable bonds is 7. The Labute approximate surface area is 120 Å². The second-order valence-corrected chi connectivity index (χ2v) is 6.64. The molecule has 2 rings (SSSR count). The Hall–Kier alpha value is -1.65. The molecule has 0 radical (unpaired) electrons. The molecule has 0 bridgehead atoms. The predicted molar refractivity (Wildman–Crippen MR) is 81.8 cm³/mol. The van der Waals surface area contributed by atoms with Gasteiger partial charge in [-0.25, -0.2) is 13.1 Å². The van der Waals surface area contributed by atoms with E-state index in [1.165, 1.54) is 5.56 Å². The first-order valence-electron chi connectivity index (χ1n) is 6.71. The van der Waals surface area contributed by atoms with Crippen LogP contribution in [0, 0.1) is 0 Å². The highest BCUT2D eigenvalue weighted by Crippen LogP contribution is 2.04. The summed E-state index contributed by atoms with van der Waals surface area (Å²) in [7, 11) is -3.20. The van der Waals surface area contributed by atoms with E-state index in [0.29, 0.717) is 13.0 Å². The van der Waals surface area contributed by atoms with Crippen molar-refractivity contribution in [2.45, 2.75) is 19.4 Å². The normalized spacial score (nSPS) is 11.4. The molecule has 0 aliphatic carbocycles. The molecule has 0 aliphatic rings. The van der Waals surface area contributed by atoms with Gasteiger partial charge >= 0.3 is 0 Å². The largest absolute Gasteiger partial charge is 0.212 e. The highest BCUT2D eigenvalue weighted by Gasteiger charge is 2.09. The number of aryl methyl sites for hydroxylation is 1. The Kier molecular flexibility index (Phi) is 5.32. The third-order valence-electron chi connectivity index (χ3n) is 3.06. The third-order valence-corrected chi connectivity index (χ3v) is 4.47. The predicted octanol–water partition coefficient (Wildman–Crippen LogP) is 2.74.